The molecule has 0 aromatic rings. The van der Waals surface area contributed by atoms with E-state index in [0.717, 1.165) is 26.0 Å². The second-order valence-corrected chi connectivity index (χ2v) is 8.24. The van der Waals surface area contributed by atoms with Crippen molar-refractivity contribution in [1.29, 1.82) is 0 Å². The lowest BCUT2D eigenvalue weighted by Gasteiger charge is -2.32. The summed E-state index contributed by atoms with van der Waals surface area (Å²) in [5, 5.41) is 3.55. The van der Waals surface area contributed by atoms with Crippen molar-refractivity contribution in [2.24, 2.45) is 5.41 Å². The van der Waals surface area contributed by atoms with E-state index in [4.69, 9.17) is 4.74 Å². The third-order valence-electron chi connectivity index (χ3n) is 4.50. The van der Waals surface area contributed by atoms with Gasteiger partial charge in [0.2, 0.25) is 0 Å². The zero-order chi connectivity index (χ0) is 13.2. The molecule has 0 aromatic carbocycles. The summed E-state index contributed by atoms with van der Waals surface area (Å²) in [4.78, 5) is 0. The van der Waals surface area contributed by atoms with Gasteiger partial charge in [-0.1, -0.05) is 6.92 Å². The first kappa shape index (κ1) is 14.3. The summed E-state index contributed by atoms with van der Waals surface area (Å²) in [7, 11) is -2.87. The highest BCUT2D eigenvalue weighted by molar-refractivity contribution is 7.91. The lowest BCUT2D eigenvalue weighted by molar-refractivity contribution is 0.0612. The summed E-state index contributed by atoms with van der Waals surface area (Å²) in [5.41, 5.74) is 0.0187. The zero-order valence-electron chi connectivity index (χ0n) is 11.4. The monoisotopic (exact) mass is 275 g/mol. The molecule has 0 spiro atoms. The van der Waals surface area contributed by atoms with Gasteiger partial charge in [-0.05, 0) is 32.6 Å². The Morgan fingerprint density at radius 2 is 2.11 bits per heavy atom. The van der Waals surface area contributed by atoms with E-state index < -0.39 is 9.84 Å². The largest absolute Gasteiger partial charge is 0.378 e. The van der Waals surface area contributed by atoms with E-state index in [9.17, 15) is 8.42 Å². The van der Waals surface area contributed by atoms with Crippen molar-refractivity contribution >= 4 is 9.84 Å². The van der Waals surface area contributed by atoms with Crippen molar-refractivity contribution in [1.82, 2.24) is 5.32 Å². The van der Waals surface area contributed by atoms with Crippen LogP contribution in [0, 0.1) is 5.41 Å². The smallest absolute Gasteiger partial charge is 0.150 e. The molecule has 2 unspecified atom stereocenters. The van der Waals surface area contributed by atoms with Crippen molar-refractivity contribution in [3.63, 3.8) is 0 Å². The molecule has 1 saturated carbocycles. The molecule has 1 aliphatic heterocycles. The average molecular weight is 275 g/mol. The molecule has 2 fully saturated rings. The highest BCUT2D eigenvalue weighted by Gasteiger charge is 2.42. The van der Waals surface area contributed by atoms with Crippen LogP contribution < -0.4 is 5.32 Å². The lowest BCUT2D eigenvalue weighted by atomic mass is 9.79. The Balaban J connectivity index is 1.95. The molecule has 1 N–H and O–H groups in total. The van der Waals surface area contributed by atoms with Crippen molar-refractivity contribution < 1.29 is 13.2 Å². The summed E-state index contributed by atoms with van der Waals surface area (Å²) in [5.74, 6) is 0.540. The summed E-state index contributed by atoms with van der Waals surface area (Å²) >= 11 is 0. The van der Waals surface area contributed by atoms with Gasteiger partial charge in [-0.15, -0.1) is 0 Å². The Kier molecular flexibility index (Phi) is 4.34. The first-order chi connectivity index (χ1) is 8.47. The van der Waals surface area contributed by atoms with Gasteiger partial charge in [0.25, 0.3) is 0 Å². The fourth-order valence-corrected chi connectivity index (χ4v) is 3.61. The van der Waals surface area contributed by atoms with Gasteiger partial charge < -0.3 is 10.1 Å². The van der Waals surface area contributed by atoms with Crippen molar-refractivity contribution in [3.05, 3.63) is 0 Å². The van der Waals surface area contributed by atoms with Gasteiger partial charge in [-0.25, -0.2) is 8.42 Å². The standard InChI is InChI=1S/C13H25NO3S/c1-3-18(15,16)9-7-13(6-8-17-11(13)2)10-14-12-4-5-12/h11-12,14H,3-10H2,1-2H3. The van der Waals surface area contributed by atoms with E-state index in [0.29, 0.717) is 11.8 Å². The maximum Gasteiger partial charge on any atom is 0.150 e. The Morgan fingerprint density at radius 3 is 2.61 bits per heavy atom. The van der Waals surface area contributed by atoms with Crippen LogP contribution in [0.5, 0.6) is 0 Å². The van der Waals surface area contributed by atoms with E-state index in [2.05, 4.69) is 12.2 Å². The van der Waals surface area contributed by atoms with E-state index in [1.807, 2.05) is 0 Å². The summed E-state index contributed by atoms with van der Waals surface area (Å²) in [6.45, 7) is 5.47. The Bertz CT molecular complexity index is 378. The summed E-state index contributed by atoms with van der Waals surface area (Å²) in [6, 6.07) is 0.664. The number of sulfone groups is 1. The Hall–Kier alpha value is -0.130. The number of ether oxygens (including phenoxy) is 1. The molecule has 2 aliphatic rings. The van der Waals surface area contributed by atoms with E-state index in [1.54, 1.807) is 6.92 Å². The normalized spacial score (nSPS) is 32.9. The molecule has 106 valence electrons. The lowest BCUT2D eigenvalue weighted by Crippen LogP contribution is -2.41. The molecule has 1 heterocycles. The molecule has 0 aromatic heterocycles. The van der Waals surface area contributed by atoms with Crippen LogP contribution in [-0.2, 0) is 14.6 Å². The Morgan fingerprint density at radius 1 is 1.39 bits per heavy atom. The number of hydrogen-bond donors (Lipinski definition) is 1. The van der Waals surface area contributed by atoms with Crippen LogP contribution in [0.25, 0.3) is 0 Å². The summed E-state index contributed by atoms with van der Waals surface area (Å²) in [6.07, 6.45) is 4.39. The quantitative estimate of drug-likeness (QED) is 0.762. The van der Waals surface area contributed by atoms with Gasteiger partial charge in [0.05, 0.1) is 11.9 Å². The molecule has 1 saturated heterocycles. The van der Waals surface area contributed by atoms with Gasteiger partial charge in [-0.3, -0.25) is 0 Å². The Labute approximate surface area is 110 Å². The molecular weight excluding hydrogens is 250 g/mol. The molecule has 18 heavy (non-hydrogen) atoms. The first-order valence-corrected chi connectivity index (χ1v) is 8.85. The number of hydrogen-bond acceptors (Lipinski definition) is 4. The van der Waals surface area contributed by atoms with Gasteiger partial charge in [0.15, 0.2) is 0 Å². The van der Waals surface area contributed by atoms with E-state index in [-0.39, 0.29) is 17.3 Å². The zero-order valence-corrected chi connectivity index (χ0v) is 12.3. The third-order valence-corrected chi connectivity index (χ3v) is 6.21. The fraction of sp³-hybridized carbons (Fsp3) is 1.00. The topological polar surface area (TPSA) is 55.4 Å². The van der Waals surface area contributed by atoms with Gasteiger partial charge in [-0.2, -0.15) is 0 Å². The van der Waals surface area contributed by atoms with Crippen LogP contribution in [0.4, 0.5) is 0 Å². The van der Waals surface area contributed by atoms with Crippen molar-refractivity contribution in [2.75, 3.05) is 24.7 Å². The minimum atomic E-state index is -2.87. The van der Waals surface area contributed by atoms with Gasteiger partial charge >= 0.3 is 0 Å². The van der Waals surface area contributed by atoms with E-state index >= 15 is 0 Å². The average Bonchev–Trinajstić information content (AvgIpc) is 3.10. The van der Waals surface area contributed by atoms with Gasteiger partial charge in [0, 0.05) is 30.4 Å². The molecular formula is C13H25NO3S. The maximum absolute atomic E-state index is 11.7. The fourth-order valence-electron chi connectivity index (χ4n) is 2.61. The predicted molar refractivity (Wildman–Crippen MR) is 72.4 cm³/mol. The van der Waals surface area contributed by atoms with Crippen molar-refractivity contribution in [3.8, 4) is 0 Å². The highest BCUT2D eigenvalue weighted by atomic mass is 32.2. The minimum absolute atomic E-state index is 0.0187. The van der Waals surface area contributed by atoms with Crippen LogP contribution in [0.15, 0.2) is 0 Å². The minimum Gasteiger partial charge on any atom is -0.378 e. The van der Waals surface area contributed by atoms with Crippen LogP contribution in [0.1, 0.15) is 39.5 Å². The van der Waals surface area contributed by atoms with Gasteiger partial charge in [0.1, 0.15) is 9.84 Å². The molecule has 0 amide bonds. The molecule has 0 bridgehead atoms. The summed E-state index contributed by atoms with van der Waals surface area (Å²) < 4.78 is 29.1. The van der Waals surface area contributed by atoms with Crippen LogP contribution in [0.2, 0.25) is 0 Å². The maximum atomic E-state index is 11.7. The van der Waals surface area contributed by atoms with E-state index in [1.165, 1.54) is 12.8 Å². The number of nitrogens with one attached hydrogen (secondary N) is 1. The highest BCUT2D eigenvalue weighted by Crippen LogP contribution is 2.39. The SMILES string of the molecule is CCS(=O)(=O)CCC1(CNC2CC2)CCOC1C. The number of rotatable bonds is 7. The van der Waals surface area contributed by atoms with Crippen molar-refractivity contribution in [2.45, 2.75) is 51.7 Å². The molecule has 5 heteroatoms. The molecule has 1 aliphatic carbocycles. The van der Waals surface area contributed by atoms with Crippen LogP contribution in [0.3, 0.4) is 0 Å². The molecule has 0 radical (unpaired) electrons. The predicted octanol–water partition coefficient (Wildman–Crippen LogP) is 1.36. The van der Waals surface area contributed by atoms with Crippen LogP contribution >= 0.6 is 0 Å². The second-order valence-electron chi connectivity index (χ2n) is 5.77. The molecule has 2 atom stereocenters. The second kappa shape index (κ2) is 5.47. The first-order valence-electron chi connectivity index (χ1n) is 7.03. The molecule has 2 rings (SSSR count). The van der Waals surface area contributed by atoms with Crippen LogP contribution in [-0.4, -0.2) is 45.2 Å². The molecule has 4 nitrogen and oxygen atoms in total. The third kappa shape index (κ3) is 3.45.